The first-order valence-corrected chi connectivity index (χ1v) is 5.62. The number of alkyl halides is 3. The van der Waals surface area contributed by atoms with Gasteiger partial charge < -0.3 is 10.6 Å². The van der Waals surface area contributed by atoms with Crippen LogP contribution in [-0.4, -0.2) is 31.2 Å². The maximum atomic E-state index is 12.2. The van der Waals surface area contributed by atoms with E-state index in [1.165, 1.54) is 0 Å². The summed E-state index contributed by atoms with van der Waals surface area (Å²) < 4.78 is 36.6. The molecule has 2 rings (SSSR count). The van der Waals surface area contributed by atoms with Gasteiger partial charge in [0.25, 0.3) is 0 Å². The SMILES string of the molecule is O=C(N[C@@H]1CNC[C@@H]1c1ccccc1)C(F)(F)F. The highest BCUT2D eigenvalue weighted by atomic mass is 19.4. The van der Waals surface area contributed by atoms with Gasteiger partial charge in [0.15, 0.2) is 0 Å². The van der Waals surface area contributed by atoms with E-state index < -0.39 is 18.1 Å². The predicted octanol–water partition coefficient (Wildman–Crippen LogP) is 1.42. The third-order valence-corrected chi connectivity index (χ3v) is 3.02. The Morgan fingerprint density at radius 1 is 1.22 bits per heavy atom. The molecule has 2 atom stereocenters. The van der Waals surface area contributed by atoms with Crippen molar-refractivity contribution in [3.63, 3.8) is 0 Å². The molecule has 1 amide bonds. The number of carbonyl (C=O) groups is 1. The fraction of sp³-hybridized carbons (Fsp3) is 0.417. The molecular weight excluding hydrogens is 245 g/mol. The van der Waals surface area contributed by atoms with Gasteiger partial charge in [-0.25, -0.2) is 0 Å². The molecule has 1 aliphatic rings. The lowest BCUT2D eigenvalue weighted by molar-refractivity contribution is -0.174. The van der Waals surface area contributed by atoms with E-state index in [0.29, 0.717) is 13.1 Å². The van der Waals surface area contributed by atoms with E-state index in [4.69, 9.17) is 0 Å². The first-order valence-electron chi connectivity index (χ1n) is 5.62. The molecule has 0 spiro atoms. The van der Waals surface area contributed by atoms with E-state index in [9.17, 15) is 18.0 Å². The third kappa shape index (κ3) is 2.81. The summed E-state index contributed by atoms with van der Waals surface area (Å²) in [4.78, 5) is 10.9. The Hall–Kier alpha value is -1.56. The number of halogens is 3. The first-order chi connectivity index (χ1) is 8.48. The Kier molecular flexibility index (Phi) is 3.56. The molecular formula is C12H13F3N2O. The van der Waals surface area contributed by atoms with Gasteiger partial charge >= 0.3 is 12.1 Å². The molecule has 0 saturated carbocycles. The van der Waals surface area contributed by atoms with E-state index in [1.54, 1.807) is 0 Å². The van der Waals surface area contributed by atoms with Crippen LogP contribution in [0.4, 0.5) is 13.2 Å². The van der Waals surface area contributed by atoms with Crippen LogP contribution in [0.3, 0.4) is 0 Å². The third-order valence-electron chi connectivity index (χ3n) is 3.02. The zero-order valence-electron chi connectivity index (χ0n) is 9.50. The number of rotatable bonds is 2. The van der Waals surface area contributed by atoms with E-state index in [0.717, 1.165) is 5.56 Å². The van der Waals surface area contributed by atoms with Crippen molar-refractivity contribution >= 4 is 5.91 Å². The monoisotopic (exact) mass is 258 g/mol. The molecule has 1 fully saturated rings. The Balaban J connectivity index is 2.07. The highest BCUT2D eigenvalue weighted by molar-refractivity contribution is 5.82. The van der Waals surface area contributed by atoms with Crippen molar-refractivity contribution in [3.8, 4) is 0 Å². The molecule has 1 heterocycles. The van der Waals surface area contributed by atoms with Crippen molar-refractivity contribution in [1.82, 2.24) is 10.6 Å². The van der Waals surface area contributed by atoms with Crippen LogP contribution < -0.4 is 10.6 Å². The van der Waals surface area contributed by atoms with Gasteiger partial charge in [-0.1, -0.05) is 30.3 Å². The summed E-state index contributed by atoms with van der Waals surface area (Å²) in [5.74, 6) is -2.00. The van der Waals surface area contributed by atoms with Gasteiger partial charge in [0.2, 0.25) is 0 Å². The van der Waals surface area contributed by atoms with E-state index in [1.807, 2.05) is 35.6 Å². The molecule has 0 aliphatic carbocycles. The van der Waals surface area contributed by atoms with Crippen LogP contribution in [0.25, 0.3) is 0 Å². The van der Waals surface area contributed by atoms with Gasteiger partial charge in [0.1, 0.15) is 0 Å². The van der Waals surface area contributed by atoms with Crippen LogP contribution in [0.2, 0.25) is 0 Å². The summed E-state index contributed by atoms with van der Waals surface area (Å²) in [7, 11) is 0. The van der Waals surface area contributed by atoms with Gasteiger partial charge in [0, 0.05) is 25.0 Å². The lowest BCUT2D eigenvalue weighted by Gasteiger charge is -2.21. The second kappa shape index (κ2) is 4.97. The smallest absolute Gasteiger partial charge is 0.344 e. The minimum absolute atomic E-state index is 0.127. The molecule has 0 bridgehead atoms. The molecule has 98 valence electrons. The lowest BCUT2D eigenvalue weighted by atomic mass is 9.94. The Labute approximate surface area is 102 Å². The van der Waals surface area contributed by atoms with Crippen LogP contribution in [0.1, 0.15) is 11.5 Å². The number of nitrogens with one attached hydrogen (secondary N) is 2. The second-order valence-corrected chi connectivity index (χ2v) is 4.25. The molecule has 0 unspecified atom stereocenters. The van der Waals surface area contributed by atoms with E-state index in [-0.39, 0.29) is 5.92 Å². The van der Waals surface area contributed by atoms with Gasteiger partial charge in [-0.15, -0.1) is 0 Å². The zero-order chi connectivity index (χ0) is 13.2. The molecule has 1 aromatic carbocycles. The number of hydrogen-bond acceptors (Lipinski definition) is 2. The van der Waals surface area contributed by atoms with Crippen molar-refractivity contribution < 1.29 is 18.0 Å². The van der Waals surface area contributed by atoms with Crippen molar-refractivity contribution in [2.45, 2.75) is 18.1 Å². The molecule has 2 N–H and O–H groups in total. The Morgan fingerprint density at radius 3 is 2.50 bits per heavy atom. The van der Waals surface area contributed by atoms with Gasteiger partial charge in [0.05, 0.1) is 0 Å². The molecule has 3 nitrogen and oxygen atoms in total. The molecule has 1 aromatic rings. The summed E-state index contributed by atoms with van der Waals surface area (Å²) in [5, 5.41) is 5.04. The van der Waals surface area contributed by atoms with Crippen LogP contribution in [-0.2, 0) is 4.79 Å². The minimum atomic E-state index is -4.83. The van der Waals surface area contributed by atoms with Crippen LogP contribution in [0.15, 0.2) is 30.3 Å². The van der Waals surface area contributed by atoms with Crippen molar-refractivity contribution in [3.05, 3.63) is 35.9 Å². The largest absolute Gasteiger partial charge is 0.471 e. The fourth-order valence-corrected chi connectivity index (χ4v) is 2.13. The van der Waals surface area contributed by atoms with Gasteiger partial charge in [-0.05, 0) is 5.56 Å². The van der Waals surface area contributed by atoms with E-state index >= 15 is 0 Å². The topological polar surface area (TPSA) is 41.1 Å². The Bertz CT molecular complexity index is 419. The van der Waals surface area contributed by atoms with Crippen LogP contribution >= 0.6 is 0 Å². The van der Waals surface area contributed by atoms with Crippen molar-refractivity contribution in [2.75, 3.05) is 13.1 Å². The maximum absolute atomic E-state index is 12.2. The zero-order valence-corrected chi connectivity index (χ0v) is 9.50. The molecule has 18 heavy (non-hydrogen) atoms. The van der Waals surface area contributed by atoms with Crippen LogP contribution in [0, 0.1) is 0 Å². The highest BCUT2D eigenvalue weighted by Crippen LogP contribution is 2.24. The lowest BCUT2D eigenvalue weighted by Crippen LogP contribution is -2.46. The summed E-state index contributed by atoms with van der Waals surface area (Å²) in [6.07, 6.45) is -4.83. The van der Waals surface area contributed by atoms with Gasteiger partial charge in [-0.3, -0.25) is 4.79 Å². The first kappa shape index (κ1) is 12.9. The summed E-state index contributed by atoms with van der Waals surface area (Å²) in [6, 6.07) is 8.68. The second-order valence-electron chi connectivity index (χ2n) is 4.25. The molecule has 0 radical (unpaired) electrons. The molecule has 1 saturated heterocycles. The minimum Gasteiger partial charge on any atom is -0.344 e. The normalized spacial score (nSPS) is 23.9. The standard InChI is InChI=1S/C12H13F3N2O/c13-12(14,15)11(18)17-10-7-16-6-9(10)8-4-2-1-3-5-8/h1-5,9-10,16H,6-7H2,(H,17,18)/t9-,10-/m1/s1. The van der Waals surface area contributed by atoms with Gasteiger partial charge in [-0.2, -0.15) is 13.2 Å². The Morgan fingerprint density at radius 2 is 1.89 bits per heavy atom. The molecule has 0 aromatic heterocycles. The fourth-order valence-electron chi connectivity index (χ4n) is 2.13. The van der Waals surface area contributed by atoms with E-state index in [2.05, 4.69) is 5.32 Å². The molecule has 6 heteroatoms. The summed E-state index contributed by atoms with van der Waals surface area (Å²) in [6.45, 7) is 0.911. The summed E-state index contributed by atoms with van der Waals surface area (Å²) in [5.41, 5.74) is 0.926. The van der Waals surface area contributed by atoms with Crippen molar-refractivity contribution in [2.24, 2.45) is 0 Å². The number of benzene rings is 1. The maximum Gasteiger partial charge on any atom is 0.471 e. The average Bonchev–Trinajstić information content (AvgIpc) is 2.77. The average molecular weight is 258 g/mol. The highest BCUT2D eigenvalue weighted by Gasteiger charge is 2.41. The van der Waals surface area contributed by atoms with Crippen molar-refractivity contribution in [1.29, 1.82) is 0 Å². The molecule has 1 aliphatic heterocycles. The number of carbonyl (C=O) groups excluding carboxylic acids is 1. The quantitative estimate of drug-likeness (QED) is 0.842. The number of amides is 1. The number of hydrogen-bond donors (Lipinski definition) is 2. The van der Waals surface area contributed by atoms with Crippen LogP contribution in [0.5, 0.6) is 0 Å². The summed E-state index contributed by atoms with van der Waals surface area (Å²) >= 11 is 0. The predicted molar refractivity (Wildman–Crippen MR) is 60.0 cm³/mol.